The molecule has 0 N–H and O–H groups in total. The molecule has 0 aliphatic rings. The summed E-state index contributed by atoms with van der Waals surface area (Å²) >= 11 is 0. The SMILES string of the molecule is CCCCCc1ccc(-c2cc(F)c(C(F)(F)Oc3ccc(-c4ccc(-c5cc(F)c(C(F)=CF)c(F)c5)c(F)c4)cc3)c(F)c2)cc1. The lowest BCUT2D eigenvalue weighted by Gasteiger charge is -2.20. The van der Waals surface area contributed by atoms with Crippen LogP contribution in [0.5, 0.6) is 5.75 Å². The van der Waals surface area contributed by atoms with Crippen LogP contribution in [0.4, 0.5) is 39.5 Å². The van der Waals surface area contributed by atoms with Crippen molar-refractivity contribution in [1.82, 2.24) is 0 Å². The molecule has 0 saturated carbocycles. The number of rotatable bonds is 11. The first-order chi connectivity index (χ1) is 22.9. The van der Waals surface area contributed by atoms with Crippen LogP contribution in [0.2, 0.25) is 0 Å². The highest BCUT2D eigenvalue weighted by molar-refractivity contribution is 5.73. The van der Waals surface area contributed by atoms with Gasteiger partial charge in [-0.05, 0) is 88.7 Å². The zero-order chi connectivity index (χ0) is 34.6. The van der Waals surface area contributed by atoms with Gasteiger partial charge < -0.3 is 4.74 Å². The first kappa shape index (κ1) is 34.3. The Morgan fingerprint density at radius 2 is 1.15 bits per heavy atom. The van der Waals surface area contributed by atoms with Crippen molar-refractivity contribution >= 4 is 5.83 Å². The second-order valence-corrected chi connectivity index (χ2v) is 11.1. The van der Waals surface area contributed by atoms with E-state index in [9.17, 15) is 26.3 Å². The topological polar surface area (TPSA) is 9.23 Å². The molecule has 248 valence electrons. The van der Waals surface area contributed by atoms with Crippen LogP contribution < -0.4 is 4.74 Å². The first-order valence-corrected chi connectivity index (χ1v) is 14.9. The molecule has 0 spiro atoms. The van der Waals surface area contributed by atoms with Crippen LogP contribution in [0, 0.1) is 29.1 Å². The van der Waals surface area contributed by atoms with Crippen LogP contribution in [0.3, 0.4) is 0 Å². The Labute approximate surface area is 270 Å². The van der Waals surface area contributed by atoms with Crippen molar-refractivity contribution in [2.24, 2.45) is 0 Å². The van der Waals surface area contributed by atoms with Gasteiger partial charge in [-0.3, -0.25) is 0 Å². The number of benzene rings is 5. The maximum atomic E-state index is 15.1. The van der Waals surface area contributed by atoms with Gasteiger partial charge in [0.2, 0.25) is 0 Å². The fraction of sp³-hybridized carbons (Fsp3) is 0.158. The monoisotopic (exact) mass is 670 g/mol. The van der Waals surface area contributed by atoms with Gasteiger partial charge in [0.25, 0.3) is 0 Å². The van der Waals surface area contributed by atoms with Gasteiger partial charge in [0.15, 0.2) is 5.83 Å². The number of ether oxygens (including phenoxy) is 1. The molecule has 0 aliphatic heterocycles. The van der Waals surface area contributed by atoms with Gasteiger partial charge in [-0.1, -0.05) is 68.3 Å². The van der Waals surface area contributed by atoms with Crippen molar-refractivity contribution in [3.05, 3.63) is 143 Å². The molecule has 0 aromatic heterocycles. The molecule has 0 unspecified atom stereocenters. The van der Waals surface area contributed by atoms with Gasteiger partial charge in [0.1, 0.15) is 46.7 Å². The summed E-state index contributed by atoms with van der Waals surface area (Å²) in [6, 6.07) is 18.3. The van der Waals surface area contributed by atoms with Crippen LogP contribution in [0.15, 0.2) is 97.3 Å². The molecular weight excluding hydrogens is 643 g/mol. The highest BCUT2D eigenvalue weighted by atomic mass is 19.3. The molecule has 0 radical (unpaired) electrons. The van der Waals surface area contributed by atoms with E-state index >= 15 is 13.2 Å². The second-order valence-electron chi connectivity index (χ2n) is 11.1. The average molecular weight is 671 g/mol. The zero-order valence-electron chi connectivity index (χ0n) is 25.4. The molecule has 0 amide bonds. The minimum Gasteiger partial charge on any atom is -0.429 e. The van der Waals surface area contributed by atoms with E-state index in [0.29, 0.717) is 23.3 Å². The lowest BCUT2D eigenvalue weighted by atomic mass is 9.98. The Morgan fingerprint density at radius 1 is 0.625 bits per heavy atom. The Balaban J connectivity index is 1.32. The maximum Gasteiger partial charge on any atom is 0.432 e. The third-order valence-electron chi connectivity index (χ3n) is 7.78. The third kappa shape index (κ3) is 7.43. The third-order valence-corrected chi connectivity index (χ3v) is 7.78. The number of unbranched alkanes of at least 4 members (excludes halogenated alkanes) is 2. The van der Waals surface area contributed by atoms with Gasteiger partial charge in [0.05, 0.1) is 5.56 Å². The smallest absolute Gasteiger partial charge is 0.429 e. The molecule has 5 rings (SSSR count). The highest BCUT2D eigenvalue weighted by Gasteiger charge is 2.41. The number of hydrogen-bond donors (Lipinski definition) is 0. The zero-order valence-corrected chi connectivity index (χ0v) is 25.4. The van der Waals surface area contributed by atoms with Crippen molar-refractivity contribution in [3.63, 3.8) is 0 Å². The van der Waals surface area contributed by atoms with E-state index in [1.165, 1.54) is 24.3 Å². The summed E-state index contributed by atoms with van der Waals surface area (Å²) < 4.78 is 134. The van der Waals surface area contributed by atoms with Gasteiger partial charge in [-0.15, -0.1) is 0 Å². The molecule has 5 aromatic carbocycles. The molecule has 0 atom stereocenters. The summed E-state index contributed by atoms with van der Waals surface area (Å²) in [5.41, 5.74) is -1.16. The predicted octanol–water partition coefficient (Wildman–Crippen LogP) is 12.5. The molecule has 0 bridgehead atoms. The van der Waals surface area contributed by atoms with E-state index in [1.54, 1.807) is 12.1 Å². The fourth-order valence-corrected chi connectivity index (χ4v) is 5.32. The Morgan fingerprint density at radius 3 is 1.71 bits per heavy atom. The number of halogens is 9. The van der Waals surface area contributed by atoms with Crippen molar-refractivity contribution in [2.75, 3.05) is 0 Å². The standard InChI is InChI=1S/C38H27F9O/c1-2-3-4-5-22-6-8-24(9-7-22)26-17-33(43)37(34(44)18-26)38(46,47)48-28-13-10-23(11-14-28)25-12-15-29(30(40)16-25)27-19-31(41)36(32(42)20-27)35(45)21-39/h6-21H,2-5H2,1H3. The van der Waals surface area contributed by atoms with Crippen LogP contribution in [-0.2, 0) is 12.5 Å². The average Bonchev–Trinajstić information content (AvgIpc) is 3.04. The van der Waals surface area contributed by atoms with E-state index in [2.05, 4.69) is 6.92 Å². The molecular formula is C38H27F9O. The van der Waals surface area contributed by atoms with E-state index in [4.69, 9.17) is 4.74 Å². The van der Waals surface area contributed by atoms with Crippen LogP contribution in [-0.4, -0.2) is 0 Å². The summed E-state index contributed by atoms with van der Waals surface area (Å²) in [6.45, 7) is 2.09. The van der Waals surface area contributed by atoms with E-state index in [-0.39, 0.29) is 22.3 Å². The van der Waals surface area contributed by atoms with Gasteiger partial charge in [-0.25, -0.2) is 30.7 Å². The predicted molar refractivity (Wildman–Crippen MR) is 167 cm³/mol. The van der Waals surface area contributed by atoms with E-state index in [0.717, 1.165) is 61.6 Å². The van der Waals surface area contributed by atoms with Crippen molar-refractivity contribution in [1.29, 1.82) is 0 Å². The molecule has 1 nitrogen and oxygen atoms in total. The van der Waals surface area contributed by atoms with Crippen molar-refractivity contribution in [2.45, 2.75) is 38.7 Å². The fourth-order valence-electron chi connectivity index (χ4n) is 5.32. The van der Waals surface area contributed by atoms with E-state index in [1.807, 2.05) is 12.1 Å². The first-order valence-electron chi connectivity index (χ1n) is 14.9. The summed E-state index contributed by atoms with van der Waals surface area (Å²) in [5, 5.41) is 0. The maximum absolute atomic E-state index is 15.1. The quantitative estimate of drug-likeness (QED) is 0.100. The molecule has 0 heterocycles. The van der Waals surface area contributed by atoms with Crippen LogP contribution >= 0.6 is 0 Å². The van der Waals surface area contributed by atoms with Gasteiger partial charge in [-0.2, -0.15) is 8.78 Å². The summed E-state index contributed by atoms with van der Waals surface area (Å²) in [5.74, 6) is -9.00. The normalized spacial score (nSPS) is 12.0. The van der Waals surface area contributed by atoms with Crippen molar-refractivity contribution < 1.29 is 44.3 Å². The minimum absolute atomic E-state index is 0.0856. The summed E-state index contributed by atoms with van der Waals surface area (Å²) in [6.07, 6.45) is -0.983. The summed E-state index contributed by atoms with van der Waals surface area (Å²) in [4.78, 5) is 0. The lowest BCUT2D eigenvalue weighted by Crippen LogP contribution is -2.25. The van der Waals surface area contributed by atoms with Gasteiger partial charge >= 0.3 is 6.11 Å². The minimum atomic E-state index is -4.39. The Kier molecular flexibility index (Phi) is 10.3. The Hall–Kier alpha value is -4.99. The highest BCUT2D eigenvalue weighted by Crippen LogP contribution is 2.38. The second kappa shape index (κ2) is 14.4. The number of alkyl halides is 2. The molecule has 0 fully saturated rings. The van der Waals surface area contributed by atoms with Crippen LogP contribution in [0.1, 0.15) is 42.9 Å². The number of hydrogen-bond acceptors (Lipinski definition) is 1. The largest absolute Gasteiger partial charge is 0.432 e. The number of aryl methyl sites for hydroxylation is 1. The van der Waals surface area contributed by atoms with Crippen LogP contribution in [0.25, 0.3) is 39.2 Å². The molecule has 0 saturated heterocycles. The molecule has 48 heavy (non-hydrogen) atoms. The molecule has 5 aromatic rings. The van der Waals surface area contributed by atoms with E-state index < -0.39 is 64.2 Å². The molecule has 10 heteroatoms. The lowest BCUT2D eigenvalue weighted by molar-refractivity contribution is -0.189. The van der Waals surface area contributed by atoms with Crippen molar-refractivity contribution in [3.8, 4) is 39.1 Å². The Bertz CT molecular complexity index is 1900. The summed E-state index contributed by atoms with van der Waals surface area (Å²) in [7, 11) is 0. The molecule has 0 aliphatic carbocycles. The van der Waals surface area contributed by atoms with Gasteiger partial charge in [0, 0.05) is 5.56 Å².